The number of carbonyl (C=O) groups excluding carboxylic acids is 1. The molecule has 0 bridgehead atoms. The number of fused-ring (bicyclic) bond motifs is 5. The van der Waals surface area contributed by atoms with Gasteiger partial charge in [-0.05, 0) is 74.2 Å². The van der Waals surface area contributed by atoms with E-state index in [0.29, 0.717) is 17.4 Å². The largest absolute Gasteiger partial charge is 0.349 e. The second-order valence-electron chi connectivity index (χ2n) is 10.9. The van der Waals surface area contributed by atoms with Crippen molar-refractivity contribution in [2.24, 2.45) is 28.6 Å². The highest BCUT2D eigenvalue weighted by molar-refractivity contribution is 5.93. The lowest BCUT2D eigenvalue weighted by atomic mass is 9.47. The third kappa shape index (κ3) is 3.19. The molecule has 1 N–H and O–H groups in total. The van der Waals surface area contributed by atoms with Crippen molar-refractivity contribution in [3.8, 4) is 0 Å². The Morgan fingerprint density at radius 2 is 1.97 bits per heavy atom. The first-order valence-corrected chi connectivity index (χ1v) is 12.3. The van der Waals surface area contributed by atoms with Crippen LogP contribution in [0.3, 0.4) is 0 Å². The number of nitrogens with zero attached hydrogens (tertiary/aromatic N) is 5. The van der Waals surface area contributed by atoms with Gasteiger partial charge in [-0.25, -0.2) is 9.67 Å². The topological polar surface area (TPSA) is 85.6 Å². The van der Waals surface area contributed by atoms with E-state index in [0.717, 1.165) is 38.0 Å². The molecule has 6 rings (SSSR count). The molecule has 2 aromatic heterocycles. The van der Waals surface area contributed by atoms with Crippen molar-refractivity contribution in [3.05, 3.63) is 54.4 Å². The lowest BCUT2D eigenvalue weighted by Gasteiger charge is -2.57. The second kappa shape index (κ2) is 7.61. The Balaban J connectivity index is 1.20. The van der Waals surface area contributed by atoms with Crippen molar-refractivity contribution < 1.29 is 4.79 Å². The molecule has 2 heterocycles. The van der Waals surface area contributed by atoms with Gasteiger partial charge in [0.25, 0.3) is 5.91 Å². The molecule has 4 aliphatic carbocycles. The van der Waals surface area contributed by atoms with E-state index < -0.39 is 0 Å². The van der Waals surface area contributed by atoms with Gasteiger partial charge in [0.05, 0.1) is 18.0 Å². The molecule has 7 heteroatoms. The fourth-order valence-corrected chi connectivity index (χ4v) is 7.71. The quantitative estimate of drug-likeness (QED) is 0.714. The van der Waals surface area contributed by atoms with Crippen molar-refractivity contribution in [2.75, 3.05) is 0 Å². The summed E-state index contributed by atoms with van der Waals surface area (Å²) >= 11 is 0. The minimum absolute atomic E-state index is 0.0427. The van der Waals surface area contributed by atoms with E-state index in [1.807, 2.05) is 11.0 Å². The molecule has 0 radical (unpaired) electrons. The summed E-state index contributed by atoms with van der Waals surface area (Å²) < 4.78 is 2.00. The minimum Gasteiger partial charge on any atom is -0.349 e. The lowest BCUT2D eigenvalue weighted by Crippen LogP contribution is -2.51. The number of allylic oxidation sites excluding steroid dienone is 3. The molecular weight excluding hydrogens is 412 g/mol. The van der Waals surface area contributed by atoms with E-state index in [2.05, 4.69) is 51.6 Å². The van der Waals surface area contributed by atoms with E-state index in [9.17, 15) is 4.79 Å². The van der Waals surface area contributed by atoms with Crippen LogP contribution in [0.4, 0.5) is 0 Å². The maximum atomic E-state index is 12.7. The lowest BCUT2D eigenvalue weighted by molar-refractivity contribution is -0.0139. The van der Waals surface area contributed by atoms with E-state index in [4.69, 9.17) is 0 Å². The van der Waals surface area contributed by atoms with Crippen LogP contribution < -0.4 is 5.32 Å². The number of aromatic nitrogens is 5. The second-order valence-corrected chi connectivity index (χ2v) is 10.9. The fourth-order valence-electron chi connectivity index (χ4n) is 7.71. The first-order chi connectivity index (χ1) is 16.0. The van der Waals surface area contributed by atoms with E-state index in [-0.39, 0.29) is 22.8 Å². The minimum atomic E-state index is -0.0427. The van der Waals surface area contributed by atoms with Crippen LogP contribution in [-0.2, 0) is 0 Å². The van der Waals surface area contributed by atoms with Crippen LogP contribution in [0, 0.1) is 28.6 Å². The summed E-state index contributed by atoms with van der Waals surface area (Å²) in [5, 5.41) is 15.3. The van der Waals surface area contributed by atoms with Gasteiger partial charge in [0, 0.05) is 17.2 Å². The summed E-state index contributed by atoms with van der Waals surface area (Å²) in [6.07, 6.45) is 19.5. The first-order valence-electron chi connectivity index (χ1n) is 12.3. The van der Waals surface area contributed by atoms with Crippen LogP contribution in [0.15, 0.2) is 48.8 Å². The molecule has 0 saturated heterocycles. The van der Waals surface area contributed by atoms with Gasteiger partial charge < -0.3 is 5.32 Å². The molecule has 1 amide bonds. The molecule has 6 atom stereocenters. The predicted octanol–water partition coefficient (Wildman–Crippen LogP) is 4.28. The Labute approximate surface area is 194 Å². The average Bonchev–Trinajstić information content (AvgIpc) is 3.47. The number of rotatable bonds is 3. The Morgan fingerprint density at radius 3 is 2.76 bits per heavy atom. The monoisotopic (exact) mass is 444 g/mol. The summed E-state index contributed by atoms with van der Waals surface area (Å²) in [5.41, 5.74) is 3.93. The molecular formula is C26H32N6O. The van der Waals surface area contributed by atoms with Gasteiger partial charge in [0.1, 0.15) is 12.7 Å². The summed E-state index contributed by atoms with van der Waals surface area (Å²) in [7, 11) is 0. The van der Waals surface area contributed by atoms with Crippen molar-refractivity contribution in [1.82, 2.24) is 30.3 Å². The molecule has 7 nitrogen and oxygen atoms in total. The Morgan fingerprint density at radius 1 is 1.09 bits per heavy atom. The molecule has 172 valence electrons. The molecule has 2 saturated carbocycles. The van der Waals surface area contributed by atoms with E-state index in [1.54, 1.807) is 24.2 Å². The number of hydrogen-bond donors (Lipinski definition) is 1. The van der Waals surface area contributed by atoms with Gasteiger partial charge in [0.15, 0.2) is 0 Å². The Kier molecular flexibility index (Phi) is 4.78. The van der Waals surface area contributed by atoms with Crippen LogP contribution in [0.2, 0.25) is 0 Å². The van der Waals surface area contributed by atoms with Gasteiger partial charge in [0.2, 0.25) is 0 Å². The number of nitrogens with one attached hydrogen (secondary N) is 1. The van der Waals surface area contributed by atoms with Crippen LogP contribution >= 0.6 is 0 Å². The zero-order valence-corrected chi connectivity index (χ0v) is 19.4. The maximum absolute atomic E-state index is 12.7. The maximum Gasteiger partial charge on any atom is 0.253 e. The van der Waals surface area contributed by atoms with Gasteiger partial charge in [-0.1, -0.05) is 31.6 Å². The molecule has 0 aromatic carbocycles. The van der Waals surface area contributed by atoms with Gasteiger partial charge >= 0.3 is 0 Å². The van der Waals surface area contributed by atoms with Crippen LogP contribution in [0.5, 0.6) is 0 Å². The predicted molar refractivity (Wildman–Crippen MR) is 125 cm³/mol. The molecule has 2 aromatic rings. The van der Waals surface area contributed by atoms with Gasteiger partial charge in [-0.3, -0.25) is 4.79 Å². The van der Waals surface area contributed by atoms with Crippen molar-refractivity contribution in [3.63, 3.8) is 0 Å². The van der Waals surface area contributed by atoms with Gasteiger partial charge in [-0.15, -0.1) is 0 Å². The molecule has 2 fully saturated rings. The summed E-state index contributed by atoms with van der Waals surface area (Å²) in [6, 6.07) is 1.92. The molecule has 4 aliphatic rings. The smallest absolute Gasteiger partial charge is 0.253 e. The van der Waals surface area contributed by atoms with Crippen molar-refractivity contribution in [1.29, 1.82) is 0 Å². The molecule has 0 spiro atoms. The first kappa shape index (κ1) is 20.8. The van der Waals surface area contributed by atoms with Crippen LogP contribution in [0.1, 0.15) is 69.2 Å². The van der Waals surface area contributed by atoms with E-state index >= 15 is 0 Å². The zero-order valence-electron chi connectivity index (χ0n) is 19.4. The summed E-state index contributed by atoms with van der Waals surface area (Å²) in [5.74, 6) is 2.06. The summed E-state index contributed by atoms with van der Waals surface area (Å²) in [6.45, 7) is 4.96. The van der Waals surface area contributed by atoms with Crippen molar-refractivity contribution in [2.45, 2.75) is 64.8 Å². The Hall–Kier alpha value is -2.83. The van der Waals surface area contributed by atoms with Crippen molar-refractivity contribution >= 4 is 11.6 Å². The highest BCUT2D eigenvalue weighted by Crippen LogP contribution is 2.65. The third-order valence-electron chi connectivity index (χ3n) is 9.49. The number of amides is 1. The normalized spacial score (nSPS) is 37.3. The molecule has 0 unspecified atom stereocenters. The summed E-state index contributed by atoms with van der Waals surface area (Å²) in [4.78, 5) is 16.8. The fraction of sp³-hybridized carbons (Fsp3) is 0.577. The highest BCUT2D eigenvalue weighted by Gasteiger charge is 2.57. The van der Waals surface area contributed by atoms with Crippen LogP contribution in [0.25, 0.3) is 5.70 Å². The number of hydrogen-bond acceptors (Lipinski definition) is 5. The van der Waals surface area contributed by atoms with Crippen LogP contribution in [-0.4, -0.2) is 36.9 Å². The average molecular weight is 445 g/mol. The Bertz CT molecular complexity index is 1110. The highest BCUT2D eigenvalue weighted by atomic mass is 16.1. The van der Waals surface area contributed by atoms with Gasteiger partial charge in [-0.2, -0.15) is 15.3 Å². The number of carbonyl (C=O) groups is 1. The van der Waals surface area contributed by atoms with E-state index in [1.165, 1.54) is 24.7 Å². The zero-order chi connectivity index (χ0) is 22.6. The molecule has 33 heavy (non-hydrogen) atoms. The standard InChI is InChI=1S/C26H32N6O/c1-25-10-7-19(31-24(33)17-9-12-28-29-14-17)13-18(25)3-4-20-21-5-6-23(32-16-27-15-30-32)26(21,2)11-8-22(20)25/h3,6,9,12,14-16,19-22H,4-5,7-8,10-11,13H2,1-2H3,(H,31,33)/t19-,20-,21-,22-,25-,26-/m0/s1. The third-order valence-corrected chi connectivity index (χ3v) is 9.49. The molecule has 0 aliphatic heterocycles. The SMILES string of the molecule is C[C@]12CC[C@H](NC(=O)c3ccnnc3)CC1=CC[C@@H]1[C@@H]2CC[C@]2(C)C(n3cncn3)=CC[C@@H]12.